The summed E-state index contributed by atoms with van der Waals surface area (Å²) in [6.45, 7) is 19.1. The van der Waals surface area contributed by atoms with E-state index >= 15 is 0 Å². The van der Waals surface area contributed by atoms with Crippen LogP contribution in [0.5, 0.6) is 0 Å². The minimum absolute atomic E-state index is 0.493. The highest BCUT2D eigenvalue weighted by Crippen LogP contribution is 2.37. The van der Waals surface area contributed by atoms with Gasteiger partial charge in [-0.3, -0.25) is 0 Å². The summed E-state index contributed by atoms with van der Waals surface area (Å²) in [5.74, 6) is 1.89. The Hall–Kier alpha value is -0.0800. The number of rotatable bonds is 7. The SMILES string of the molecule is CC(C)(C)C[C@H]1CCN(CCC(C)(C)CC2CCN(C3CCCCC3)C2)C1. The van der Waals surface area contributed by atoms with Crippen LogP contribution in [0.4, 0.5) is 0 Å². The first-order chi connectivity index (χ1) is 12.7. The third-order valence-corrected chi connectivity index (χ3v) is 7.63. The maximum Gasteiger partial charge on any atom is 0.00953 e. The van der Waals surface area contributed by atoms with Gasteiger partial charge in [0, 0.05) is 19.1 Å². The Morgan fingerprint density at radius 1 is 0.741 bits per heavy atom. The fourth-order valence-corrected chi connectivity index (χ4v) is 6.30. The van der Waals surface area contributed by atoms with Gasteiger partial charge in [-0.1, -0.05) is 53.9 Å². The van der Waals surface area contributed by atoms with Gasteiger partial charge in [-0.2, -0.15) is 0 Å². The van der Waals surface area contributed by atoms with Crippen LogP contribution < -0.4 is 0 Å². The molecule has 3 fully saturated rings. The van der Waals surface area contributed by atoms with E-state index < -0.39 is 0 Å². The molecule has 0 spiro atoms. The fraction of sp³-hybridized carbons (Fsp3) is 1.00. The first-order valence-corrected chi connectivity index (χ1v) is 12.2. The van der Waals surface area contributed by atoms with E-state index in [1.807, 2.05) is 0 Å². The van der Waals surface area contributed by atoms with Crippen LogP contribution in [-0.2, 0) is 0 Å². The predicted octanol–water partition coefficient (Wildman–Crippen LogP) is 6.21. The minimum atomic E-state index is 0.493. The van der Waals surface area contributed by atoms with Crippen molar-refractivity contribution >= 4 is 0 Å². The molecular weight excluding hydrogens is 328 g/mol. The van der Waals surface area contributed by atoms with Crippen molar-refractivity contribution in [3.05, 3.63) is 0 Å². The van der Waals surface area contributed by atoms with Crippen LogP contribution >= 0.6 is 0 Å². The zero-order valence-electron chi connectivity index (χ0n) is 19.2. The highest BCUT2D eigenvalue weighted by atomic mass is 15.2. The third kappa shape index (κ3) is 7.03. The van der Waals surface area contributed by atoms with Crippen molar-refractivity contribution in [1.29, 1.82) is 0 Å². The molecule has 27 heavy (non-hydrogen) atoms. The molecule has 0 aromatic heterocycles. The van der Waals surface area contributed by atoms with Crippen LogP contribution in [-0.4, -0.2) is 48.6 Å². The van der Waals surface area contributed by atoms with Crippen LogP contribution in [0.25, 0.3) is 0 Å². The maximum absolute atomic E-state index is 2.86. The zero-order chi connectivity index (χ0) is 19.5. The summed E-state index contributed by atoms with van der Waals surface area (Å²) in [6, 6.07) is 0.927. The molecule has 0 aromatic carbocycles. The predicted molar refractivity (Wildman–Crippen MR) is 118 cm³/mol. The van der Waals surface area contributed by atoms with Crippen molar-refractivity contribution in [2.75, 3.05) is 32.7 Å². The highest BCUT2D eigenvalue weighted by Gasteiger charge is 2.33. The molecule has 3 aliphatic rings. The molecule has 1 aliphatic carbocycles. The molecule has 0 bridgehead atoms. The smallest absolute Gasteiger partial charge is 0.00953 e. The van der Waals surface area contributed by atoms with E-state index in [0.29, 0.717) is 10.8 Å². The Kier molecular flexibility index (Phi) is 7.34. The largest absolute Gasteiger partial charge is 0.303 e. The van der Waals surface area contributed by atoms with Gasteiger partial charge in [0.2, 0.25) is 0 Å². The second-order valence-electron chi connectivity index (χ2n) is 12.3. The van der Waals surface area contributed by atoms with Gasteiger partial charge in [-0.05, 0) is 87.2 Å². The number of nitrogens with zero attached hydrogens (tertiary/aromatic N) is 2. The van der Waals surface area contributed by atoms with E-state index in [2.05, 4.69) is 44.4 Å². The summed E-state index contributed by atoms with van der Waals surface area (Å²) in [5, 5.41) is 0. The Bertz CT molecular complexity index is 444. The van der Waals surface area contributed by atoms with E-state index in [0.717, 1.165) is 17.9 Å². The molecule has 2 saturated heterocycles. The molecule has 2 nitrogen and oxygen atoms in total. The standard InChI is InChI=1S/C25H48N2/c1-24(2,3)17-21-11-14-26(19-21)16-13-25(4,5)18-22-12-15-27(20-22)23-9-7-6-8-10-23/h21-23H,6-20H2,1-5H3/t21-,22?/m1/s1. The molecular formula is C25H48N2. The van der Waals surface area contributed by atoms with Crippen molar-refractivity contribution in [2.45, 2.75) is 105 Å². The van der Waals surface area contributed by atoms with Crippen LogP contribution in [0, 0.1) is 22.7 Å². The van der Waals surface area contributed by atoms with E-state index in [1.165, 1.54) is 96.9 Å². The van der Waals surface area contributed by atoms with Crippen LogP contribution in [0.3, 0.4) is 0 Å². The lowest BCUT2D eigenvalue weighted by Gasteiger charge is -2.33. The lowest BCUT2D eigenvalue weighted by Crippen LogP contribution is -2.35. The topological polar surface area (TPSA) is 6.48 Å². The van der Waals surface area contributed by atoms with Gasteiger partial charge in [-0.15, -0.1) is 0 Å². The fourth-order valence-electron chi connectivity index (χ4n) is 6.30. The number of likely N-dealkylation sites (tertiary alicyclic amines) is 2. The monoisotopic (exact) mass is 376 g/mol. The third-order valence-electron chi connectivity index (χ3n) is 7.63. The van der Waals surface area contributed by atoms with Gasteiger partial charge in [0.25, 0.3) is 0 Å². The molecule has 2 aliphatic heterocycles. The van der Waals surface area contributed by atoms with Gasteiger partial charge in [0.1, 0.15) is 0 Å². The van der Waals surface area contributed by atoms with E-state index in [1.54, 1.807) is 0 Å². The van der Waals surface area contributed by atoms with Gasteiger partial charge in [0.15, 0.2) is 0 Å². The van der Waals surface area contributed by atoms with Crippen molar-refractivity contribution in [3.63, 3.8) is 0 Å². The summed E-state index contributed by atoms with van der Waals surface area (Å²) >= 11 is 0. The number of hydrogen-bond acceptors (Lipinski definition) is 2. The quantitative estimate of drug-likeness (QED) is 0.521. The van der Waals surface area contributed by atoms with Crippen LogP contribution in [0.15, 0.2) is 0 Å². The zero-order valence-corrected chi connectivity index (χ0v) is 19.2. The van der Waals surface area contributed by atoms with Gasteiger partial charge >= 0.3 is 0 Å². The highest BCUT2D eigenvalue weighted by molar-refractivity contribution is 4.87. The summed E-state index contributed by atoms with van der Waals surface area (Å²) in [4.78, 5) is 5.62. The van der Waals surface area contributed by atoms with Gasteiger partial charge in [-0.25, -0.2) is 0 Å². The molecule has 1 saturated carbocycles. The average Bonchev–Trinajstić information content (AvgIpc) is 3.21. The Morgan fingerprint density at radius 2 is 1.41 bits per heavy atom. The van der Waals surface area contributed by atoms with Gasteiger partial charge in [0.05, 0.1) is 0 Å². The van der Waals surface area contributed by atoms with Crippen LogP contribution in [0.2, 0.25) is 0 Å². The molecule has 2 atom stereocenters. The average molecular weight is 377 g/mol. The lowest BCUT2D eigenvalue weighted by molar-refractivity contribution is 0.167. The van der Waals surface area contributed by atoms with E-state index in [9.17, 15) is 0 Å². The molecule has 0 aromatic rings. The molecule has 0 amide bonds. The van der Waals surface area contributed by atoms with Crippen molar-refractivity contribution in [2.24, 2.45) is 22.7 Å². The van der Waals surface area contributed by atoms with Crippen molar-refractivity contribution in [1.82, 2.24) is 9.80 Å². The lowest BCUT2D eigenvalue weighted by atomic mass is 9.79. The molecule has 1 unspecified atom stereocenters. The Labute approximate surface area is 170 Å². The summed E-state index contributed by atoms with van der Waals surface area (Å²) in [7, 11) is 0. The van der Waals surface area contributed by atoms with Crippen molar-refractivity contribution in [3.8, 4) is 0 Å². The molecule has 0 radical (unpaired) electrons. The molecule has 0 N–H and O–H groups in total. The first-order valence-electron chi connectivity index (χ1n) is 12.2. The molecule has 2 heterocycles. The molecule has 3 rings (SSSR count). The summed E-state index contributed by atoms with van der Waals surface area (Å²) in [6.07, 6.45) is 14.5. The Morgan fingerprint density at radius 3 is 2.11 bits per heavy atom. The Balaban J connectivity index is 1.36. The second kappa shape index (κ2) is 9.16. The van der Waals surface area contributed by atoms with E-state index in [-0.39, 0.29) is 0 Å². The number of hydrogen-bond donors (Lipinski definition) is 0. The second-order valence-corrected chi connectivity index (χ2v) is 12.3. The minimum Gasteiger partial charge on any atom is -0.303 e. The first kappa shape index (κ1) is 21.6. The van der Waals surface area contributed by atoms with E-state index in [4.69, 9.17) is 0 Å². The molecule has 158 valence electrons. The normalized spacial score (nSPS) is 29.7. The summed E-state index contributed by atoms with van der Waals surface area (Å²) in [5.41, 5.74) is 1.00. The van der Waals surface area contributed by atoms with Crippen molar-refractivity contribution < 1.29 is 0 Å². The van der Waals surface area contributed by atoms with Gasteiger partial charge < -0.3 is 9.80 Å². The summed E-state index contributed by atoms with van der Waals surface area (Å²) < 4.78 is 0. The molecule has 2 heteroatoms. The van der Waals surface area contributed by atoms with Crippen LogP contribution in [0.1, 0.15) is 98.8 Å². The maximum atomic E-state index is 2.86.